The Morgan fingerprint density at radius 3 is 3.00 bits per heavy atom. The van der Waals surface area contributed by atoms with Gasteiger partial charge in [0.2, 0.25) is 0 Å². The predicted molar refractivity (Wildman–Crippen MR) is 35.4 cm³/mol. The largest absolute Gasteiger partial charge is 0.120 e. The van der Waals surface area contributed by atoms with Crippen LogP contribution in [0.1, 0.15) is 25.7 Å². The standard InChI is InChI=1S/C8H10/c1-2-3-4-5-8-6-7-8/h1,6H,3-5,7H2. The first-order chi connectivity index (χ1) is 3.93. The minimum atomic E-state index is 0.942. The van der Waals surface area contributed by atoms with Crippen LogP contribution in [0.25, 0.3) is 0 Å². The Labute approximate surface area is 50.6 Å². The Balaban J connectivity index is 1.90. The van der Waals surface area contributed by atoms with Gasteiger partial charge in [-0.2, -0.15) is 0 Å². The van der Waals surface area contributed by atoms with Gasteiger partial charge in [0, 0.05) is 6.42 Å². The van der Waals surface area contributed by atoms with Crippen LogP contribution >= 0.6 is 0 Å². The number of terminal acetylenes is 1. The topological polar surface area (TPSA) is 0 Å². The van der Waals surface area contributed by atoms with Gasteiger partial charge in [0.1, 0.15) is 0 Å². The molecule has 1 aliphatic rings. The van der Waals surface area contributed by atoms with Crippen molar-refractivity contribution in [2.24, 2.45) is 0 Å². The van der Waals surface area contributed by atoms with Crippen LogP contribution in [-0.4, -0.2) is 0 Å². The van der Waals surface area contributed by atoms with E-state index in [1.807, 2.05) is 0 Å². The summed E-state index contributed by atoms with van der Waals surface area (Å²) in [6.45, 7) is 0. The highest BCUT2D eigenvalue weighted by atomic mass is 14.1. The van der Waals surface area contributed by atoms with Crippen LogP contribution in [0.2, 0.25) is 0 Å². The maximum atomic E-state index is 5.07. The molecular formula is C8H10. The summed E-state index contributed by atoms with van der Waals surface area (Å²) in [7, 11) is 0. The molecule has 0 aliphatic heterocycles. The molecule has 8 heavy (non-hydrogen) atoms. The van der Waals surface area contributed by atoms with E-state index in [2.05, 4.69) is 12.0 Å². The molecule has 0 saturated heterocycles. The minimum absolute atomic E-state index is 0.942. The van der Waals surface area contributed by atoms with E-state index in [4.69, 9.17) is 6.42 Å². The van der Waals surface area contributed by atoms with Crippen LogP contribution in [-0.2, 0) is 0 Å². The van der Waals surface area contributed by atoms with E-state index in [1.165, 1.54) is 19.3 Å². The van der Waals surface area contributed by atoms with Crippen molar-refractivity contribution in [1.29, 1.82) is 0 Å². The van der Waals surface area contributed by atoms with Gasteiger partial charge in [-0.1, -0.05) is 11.6 Å². The van der Waals surface area contributed by atoms with Gasteiger partial charge in [0.15, 0.2) is 0 Å². The molecule has 0 atom stereocenters. The van der Waals surface area contributed by atoms with E-state index < -0.39 is 0 Å². The molecule has 0 spiro atoms. The summed E-state index contributed by atoms with van der Waals surface area (Å²) < 4.78 is 0. The van der Waals surface area contributed by atoms with E-state index in [9.17, 15) is 0 Å². The highest BCUT2D eigenvalue weighted by Crippen LogP contribution is 2.23. The molecule has 0 fully saturated rings. The maximum Gasteiger partial charge on any atom is 0.00891 e. The molecule has 0 unspecified atom stereocenters. The van der Waals surface area contributed by atoms with E-state index in [-0.39, 0.29) is 0 Å². The van der Waals surface area contributed by atoms with Crippen molar-refractivity contribution in [1.82, 2.24) is 0 Å². The molecule has 0 heterocycles. The molecule has 0 aromatic heterocycles. The fraction of sp³-hybridized carbons (Fsp3) is 0.500. The van der Waals surface area contributed by atoms with Gasteiger partial charge in [-0.05, 0) is 19.3 Å². The third-order valence-electron chi connectivity index (χ3n) is 1.31. The van der Waals surface area contributed by atoms with Crippen molar-refractivity contribution in [2.45, 2.75) is 25.7 Å². The van der Waals surface area contributed by atoms with Crippen molar-refractivity contribution in [3.05, 3.63) is 11.6 Å². The van der Waals surface area contributed by atoms with Crippen LogP contribution in [0.3, 0.4) is 0 Å². The predicted octanol–water partition coefficient (Wildman–Crippen LogP) is 2.12. The van der Waals surface area contributed by atoms with Crippen LogP contribution in [0.4, 0.5) is 0 Å². The smallest absolute Gasteiger partial charge is 0.00891 e. The van der Waals surface area contributed by atoms with Gasteiger partial charge in [-0.15, -0.1) is 12.3 Å². The first-order valence-electron chi connectivity index (χ1n) is 3.05. The first kappa shape index (κ1) is 5.44. The average Bonchev–Trinajstić information content (AvgIpc) is 2.51. The monoisotopic (exact) mass is 106 g/mol. The number of unbranched alkanes of at least 4 members (excludes halogenated alkanes) is 1. The number of hydrogen-bond acceptors (Lipinski definition) is 0. The lowest BCUT2D eigenvalue weighted by Crippen LogP contribution is -1.68. The van der Waals surface area contributed by atoms with Crippen LogP contribution in [0, 0.1) is 12.3 Å². The average molecular weight is 106 g/mol. The minimum Gasteiger partial charge on any atom is -0.120 e. The van der Waals surface area contributed by atoms with Crippen molar-refractivity contribution < 1.29 is 0 Å². The molecule has 42 valence electrons. The molecule has 0 bridgehead atoms. The van der Waals surface area contributed by atoms with E-state index in [0.717, 1.165) is 6.42 Å². The second kappa shape index (κ2) is 2.57. The van der Waals surface area contributed by atoms with Gasteiger partial charge in [0.25, 0.3) is 0 Å². The third-order valence-corrected chi connectivity index (χ3v) is 1.31. The molecule has 0 amide bonds. The molecule has 1 rings (SSSR count). The first-order valence-corrected chi connectivity index (χ1v) is 3.05. The molecule has 0 aromatic rings. The molecule has 0 heteroatoms. The zero-order chi connectivity index (χ0) is 5.82. The summed E-state index contributed by atoms with van der Waals surface area (Å²) >= 11 is 0. The van der Waals surface area contributed by atoms with Gasteiger partial charge in [-0.3, -0.25) is 0 Å². The van der Waals surface area contributed by atoms with E-state index in [1.54, 1.807) is 5.57 Å². The lowest BCUT2D eigenvalue weighted by atomic mass is 10.2. The highest BCUT2D eigenvalue weighted by Gasteiger charge is 2.04. The number of allylic oxidation sites excluding steroid dienone is 2. The normalized spacial score (nSPS) is 14.6. The van der Waals surface area contributed by atoms with Crippen molar-refractivity contribution >= 4 is 0 Å². The van der Waals surface area contributed by atoms with Crippen molar-refractivity contribution in [3.63, 3.8) is 0 Å². The van der Waals surface area contributed by atoms with Crippen molar-refractivity contribution in [3.8, 4) is 12.3 Å². The van der Waals surface area contributed by atoms with E-state index in [0.29, 0.717) is 0 Å². The van der Waals surface area contributed by atoms with Gasteiger partial charge in [0.05, 0.1) is 0 Å². The summed E-state index contributed by atoms with van der Waals surface area (Å²) in [5.41, 5.74) is 1.60. The maximum absolute atomic E-state index is 5.07. The molecule has 0 saturated carbocycles. The Morgan fingerprint density at radius 1 is 1.75 bits per heavy atom. The lowest BCUT2D eigenvalue weighted by Gasteiger charge is -1.85. The Morgan fingerprint density at radius 2 is 2.50 bits per heavy atom. The second-order valence-electron chi connectivity index (χ2n) is 2.12. The van der Waals surface area contributed by atoms with Crippen LogP contribution in [0.15, 0.2) is 11.6 Å². The summed E-state index contributed by atoms with van der Waals surface area (Å²) in [5, 5.41) is 0. The summed E-state index contributed by atoms with van der Waals surface area (Å²) in [6, 6.07) is 0. The Kier molecular flexibility index (Phi) is 1.75. The SMILES string of the molecule is C#CCCCC1=CC1. The molecular weight excluding hydrogens is 96.1 g/mol. The molecule has 0 N–H and O–H groups in total. The lowest BCUT2D eigenvalue weighted by molar-refractivity contribution is 0.863. The zero-order valence-corrected chi connectivity index (χ0v) is 4.98. The van der Waals surface area contributed by atoms with E-state index >= 15 is 0 Å². The van der Waals surface area contributed by atoms with Gasteiger partial charge >= 0.3 is 0 Å². The Bertz CT molecular complexity index is 135. The summed E-state index contributed by atoms with van der Waals surface area (Å²) in [4.78, 5) is 0. The second-order valence-corrected chi connectivity index (χ2v) is 2.12. The molecule has 1 aliphatic carbocycles. The number of rotatable bonds is 3. The molecule has 0 aromatic carbocycles. The van der Waals surface area contributed by atoms with Gasteiger partial charge in [-0.25, -0.2) is 0 Å². The van der Waals surface area contributed by atoms with Gasteiger partial charge < -0.3 is 0 Å². The summed E-state index contributed by atoms with van der Waals surface area (Å²) in [6.07, 6.45) is 11.9. The third kappa shape index (κ3) is 1.84. The fourth-order valence-corrected chi connectivity index (χ4v) is 0.694. The van der Waals surface area contributed by atoms with Crippen LogP contribution in [0.5, 0.6) is 0 Å². The molecule has 0 radical (unpaired) electrons. The number of hydrogen-bond donors (Lipinski definition) is 0. The highest BCUT2D eigenvalue weighted by molar-refractivity contribution is 5.21. The summed E-state index contributed by atoms with van der Waals surface area (Å²) in [5.74, 6) is 2.62. The van der Waals surface area contributed by atoms with Crippen LogP contribution < -0.4 is 0 Å². The Hall–Kier alpha value is -0.700. The fourth-order valence-electron chi connectivity index (χ4n) is 0.694. The zero-order valence-electron chi connectivity index (χ0n) is 4.98. The molecule has 0 nitrogen and oxygen atoms in total. The van der Waals surface area contributed by atoms with Crippen molar-refractivity contribution in [2.75, 3.05) is 0 Å². The quantitative estimate of drug-likeness (QED) is 0.293.